The van der Waals surface area contributed by atoms with Gasteiger partial charge >= 0.3 is 15.0 Å². The molecule has 0 saturated carbocycles. The molecule has 0 aromatic heterocycles. The van der Waals surface area contributed by atoms with E-state index in [-0.39, 0.29) is 0 Å². The minimum absolute atomic E-state index is 0.808. The van der Waals surface area contributed by atoms with Crippen molar-refractivity contribution in [1.29, 1.82) is 0 Å². The van der Waals surface area contributed by atoms with Gasteiger partial charge in [0.05, 0.1) is 6.42 Å². The van der Waals surface area contributed by atoms with Gasteiger partial charge in [-0.2, -0.15) is 8.42 Å². The molecule has 6 nitrogen and oxygen atoms in total. The second-order valence-electron chi connectivity index (χ2n) is 2.39. The molecule has 0 heterocycles. The van der Waals surface area contributed by atoms with E-state index in [1.807, 2.05) is 0 Å². The lowest BCUT2D eigenvalue weighted by molar-refractivity contribution is -0.517. The third-order valence-electron chi connectivity index (χ3n) is 1.59. The second kappa shape index (κ2) is 2.93. The summed E-state index contributed by atoms with van der Waals surface area (Å²) >= 11 is 0. The first kappa shape index (κ1) is 9.87. The van der Waals surface area contributed by atoms with Crippen LogP contribution in [0, 0.1) is 16.5 Å². The predicted molar refractivity (Wildman–Crippen MR) is 43.9 cm³/mol. The molecule has 7 heteroatoms. The van der Waals surface area contributed by atoms with Crippen LogP contribution in [-0.2, 0) is 10.1 Å². The lowest BCUT2D eigenvalue weighted by Crippen LogP contribution is -2.44. The number of allylic oxidation sites excluding steroid dienone is 2. The summed E-state index contributed by atoms with van der Waals surface area (Å²) in [6.07, 6.45) is 5.42. The van der Waals surface area contributed by atoms with Gasteiger partial charge in [-0.05, 0) is 0 Å². The first-order valence-corrected chi connectivity index (χ1v) is 4.66. The number of nitrogens with zero attached hydrogens (tertiary/aromatic N) is 1. The molecular formula is C6H6NO5S. The number of rotatable bonds is 2. The number of hydrogen-bond donors (Lipinski definition) is 1. The van der Waals surface area contributed by atoms with Crippen LogP contribution < -0.4 is 0 Å². The highest BCUT2D eigenvalue weighted by molar-refractivity contribution is 7.87. The molecule has 0 bridgehead atoms. The highest BCUT2D eigenvalue weighted by Crippen LogP contribution is 2.25. The van der Waals surface area contributed by atoms with Crippen LogP contribution in [0.5, 0.6) is 0 Å². The third-order valence-corrected chi connectivity index (χ3v) is 2.84. The lowest BCUT2D eigenvalue weighted by atomic mass is 10.1. The molecule has 1 aliphatic rings. The van der Waals surface area contributed by atoms with Crippen molar-refractivity contribution in [2.75, 3.05) is 0 Å². The molecule has 1 atom stereocenters. The van der Waals surface area contributed by atoms with E-state index < -0.39 is 19.9 Å². The van der Waals surface area contributed by atoms with Crippen LogP contribution in [0.4, 0.5) is 0 Å². The summed E-state index contributed by atoms with van der Waals surface area (Å²) in [6, 6.07) is 0. The van der Waals surface area contributed by atoms with E-state index in [1.54, 1.807) is 0 Å². The molecule has 0 aliphatic heterocycles. The summed E-state index contributed by atoms with van der Waals surface area (Å²) < 4.78 is 30.2. The average Bonchev–Trinajstić information content (AvgIpc) is 2.03. The highest BCUT2D eigenvalue weighted by atomic mass is 32.2. The maximum Gasteiger partial charge on any atom is 0.368 e. The summed E-state index contributed by atoms with van der Waals surface area (Å²) in [5, 5.41) is 10.5. The Morgan fingerprint density at radius 3 is 2.15 bits per heavy atom. The van der Waals surface area contributed by atoms with Gasteiger partial charge in [0.25, 0.3) is 0 Å². The fourth-order valence-corrected chi connectivity index (χ4v) is 1.58. The van der Waals surface area contributed by atoms with Crippen LogP contribution >= 0.6 is 0 Å². The quantitative estimate of drug-likeness (QED) is 0.393. The van der Waals surface area contributed by atoms with Crippen molar-refractivity contribution in [2.45, 2.75) is 4.87 Å². The molecule has 0 spiro atoms. The highest BCUT2D eigenvalue weighted by Gasteiger charge is 2.53. The average molecular weight is 204 g/mol. The maximum atomic E-state index is 10.7. The Kier molecular flexibility index (Phi) is 2.22. The van der Waals surface area contributed by atoms with Gasteiger partial charge in [-0.3, -0.25) is 14.7 Å². The minimum Gasteiger partial charge on any atom is -0.280 e. The Morgan fingerprint density at radius 2 is 1.92 bits per heavy atom. The van der Waals surface area contributed by atoms with E-state index in [4.69, 9.17) is 4.55 Å². The van der Waals surface area contributed by atoms with E-state index in [2.05, 4.69) is 0 Å². The van der Waals surface area contributed by atoms with Crippen LogP contribution in [0.3, 0.4) is 0 Å². The summed E-state index contributed by atoms with van der Waals surface area (Å²) in [6.45, 7) is 0. The van der Waals surface area contributed by atoms with Gasteiger partial charge in [0.15, 0.2) is 0 Å². The van der Waals surface area contributed by atoms with E-state index in [1.165, 1.54) is 18.2 Å². The lowest BCUT2D eigenvalue weighted by Gasteiger charge is -2.17. The van der Waals surface area contributed by atoms with Crippen molar-refractivity contribution >= 4 is 10.1 Å². The molecule has 71 valence electrons. The van der Waals surface area contributed by atoms with Crippen LogP contribution in [0.15, 0.2) is 24.3 Å². The van der Waals surface area contributed by atoms with Gasteiger partial charge < -0.3 is 0 Å². The van der Waals surface area contributed by atoms with Gasteiger partial charge in [-0.25, -0.2) is 0 Å². The first-order chi connectivity index (χ1) is 5.90. The Balaban J connectivity index is 3.27. The van der Waals surface area contributed by atoms with Gasteiger partial charge in [0, 0.05) is 11.0 Å². The van der Waals surface area contributed by atoms with E-state index in [0.717, 1.165) is 12.5 Å². The molecule has 0 amide bonds. The molecular weight excluding hydrogens is 198 g/mol. The van der Waals surface area contributed by atoms with Crippen LogP contribution in [0.25, 0.3) is 0 Å². The Morgan fingerprint density at radius 1 is 1.31 bits per heavy atom. The van der Waals surface area contributed by atoms with Gasteiger partial charge in [0.1, 0.15) is 0 Å². The molecule has 1 unspecified atom stereocenters. The maximum absolute atomic E-state index is 10.7. The summed E-state index contributed by atoms with van der Waals surface area (Å²) in [4.78, 5) is 6.88. The fraction of sp³-hybridized carbons (Fsp3) is 0.167. The Labute approximate surface area is 74.5 Å². The van der Waals surface area contributed by atoms with Crippen molar-refractivity contribution in [1.82, 2.24) is 0 Å². The van der Waals surface area contributed by atoms with Crippen molar-refractivity contribution in [2.24, 2.45) is 0 Å². The van der Waals surface area contributed by atoms with Crippen LogP contribution in [0.2, 0.25) is 0 Å². The van der Waals surface area contributed by atoms with Crippen LogP contribution in [0.1, 0.15) is 0 Å². The van der Waals surface area contributed by atoms with Crippen LogP contribution in [-0.4, -0.2) is 22.8 Å². The molecule has 0 saturated heterocycles. The second-order valence-corrected chi connectivity index (χ2v) is 4.00. The van der Waals surface area contributed by atoms with E-state index in [9.17, 15) is 18.5 Å². The summed E-state index contributed by atoms with van der Waals surface area (Å²) in [7, 11) is -4.78. The predicted octanol–water partition coefficient (Wildman–Crippen LogP) is 0.177. The molecule has 13 heavy (non-hydrogen) atoms. The topological polar surface area (TPSA) is 97.5 Å². The number of nitro groups is 1. The van der Waals surface area contributed by atoms with Crippen molar-refractivity contribution in [3.63, 3.8) is 0 Å². The SMILES string of the molecule is O=[N+]([O-])C1(S(=O)(=O)O)[CH]C=CC=C1. The van der Waals surface area contributed by atoms with Crippen molar-refractivity contribution in [3.8, 4) is 0 Å². The molecule has 1 N–H and O–H groups in total. The largest absolute Gasteiger partial charge is 0.368 e. The number of hydrogen-bond acceptors (Lipinski definition) is 4. The molecule has 1 radical (unpaired) electrons. The fourth-order valence-electron chi connectivity index (χ4n) is 0.894. The van der Waals surface area contributed by atoms with E-state index >= 15 is 0 Å². The third kappa shape index (κ3) is 1.47. The zero-order chi connectivity index (χ0) is 10.1. The normalized spacial score (nSPS) is 27.5. The monoisotopic (exact) mass is 204 g/mol. The molecule has 1 aliphatic carbocycles. The van der Waals surface area contributed by atoms with Gasteiger partial charge in [-0.15, -0.1) is 0 Å². The first-order valence-electron chi connectivity index (χ1n) is 3.22. The standard InChI is InChI=1S/C6H6NO5S/c8-7(9)6(13(10,11)12)4-2-1-3-5-6/h1-5H,(H,10,11,12). The Hall–Kier alpha value is -1.21. The molecule has 0 aromatic carbocycles. The van der Waals surface area contributed by atoms with Gasteiger partial charge in [0.2, 0.25) is 0 Å². The molecule has 0 fully saturated rings. The summed E-state index contributed by atoms with van der Waals surface area (Å²) in [5.74, 6) is 0. The van der Waals surface area contributed by atoms with Crippen molar-refractivity contribution in [3.05, 3.63) is 40.8 Å². The summed E-state index contributed by atoms with van der Waals surface area (Å²) in [5.41, 5.74) is 0. The van der Waals surface area contributed by atoms with Gasteiger partial charge in [-0.1, -0.05) is 18.2 Å². The van der Waals surface area contributed by atoms with E-state index in [0.29, 0.717) is 0 Å². The zero-order valence-electron chi connectivity index (χ0n) is 6.32. The Bertz CT molecular complexity index is 382. The molecule has 1 rings (SSSR count). The minimum atomic E-state index is -4.78. The molecule has 0 aromatic rings. The van der Waals surface area contributed by atoms with Crippen molar-refractivity contribution < 1.29 is 17.9 Å². The zero-order valence-corrected chi connectivity index (χ0v) is 7.14. The smallest absolute Gasteiger partial charge is 0.280 e.